The van der Waals surface area contributed by atoms with E-state index < -0.39 is 0 Å². The average molecular weight is 178 g/mol. The van der Waals surface area contributed by atoms with E-state index in [0.29, 0.717) is 13.1 Å². The first-order valence-corrected chi connectivity index (χ1v) is 4.09. The van der Waals surface area contributed by atoms with Crippen LogP contribution in [0.3, 0.4) is 0 Å². The minimum absolute atomic E-state index is 0.0470. The third kappa shape index (κ3) is 1.32. The molecule has 0 N–H and O–H groups in total. The van der Waals surface area contributed by atoms with Gasteiger partial charge in [0.2, 0.25) is 5.91 Å². The largest absolute Gasteiger partial charge is 0.330 e. The van der Waals surface area contributed by atoms with Crippen molar-refractivity contribution < 1.29 is 4.79 Å². The number of hydrogen-bond acceptors (Lipinski definition) is 3. The van der Waals surface area contributed by atoms with Crippen molar-refractivity contribution in [3.05, 3.63) is 24.8 Å². The van der Waals surface area contributed by atoms with Crippen molar-refractivity contribution in [3.8, 4) is 0 Å². The van der Waals surface area contributed by atoms with Gasteiger partial charge in [-0.3, -0.25) is 4.79 Å². The summed E-state index contributed by atoms with van der Waals surface area (Å²) < 4.78 is 1.81. The molecule has 5 nitrogen and oxygen atoms in total. The van der Waals surface area contributed by atoms with Gasteiger partial charge in [-0.1, -0.05) is 6.58 Å². The Morgan fingerprint density at radius 1 is 1.62 bits per heavy atom. The second-order valence-corrected chi connectivity index (χ2v) is 2.86. The standard InChI is InChI=1S/C8H10N4O/c1-2-8(13)11-3-4-12-7(5-11)9-6-10-12/h2,6H,1,3-5H2. The number of carbonyl (C=O) groups excluding carboxylic acids is 1. The Morgan fingerprint density at radius 2 is 2.46 bits per heavy atom. The first kappa shape index (κ1) is 7.97. The van der Waals surface area contributed by atoms with Crippen molar-refractivity contribution in [1.82, 2.24) is 19.7 Å². The molecule has 1 aliphatic rings. The second-order valence-electron chi connectivity index (χ2n) is 2.86. The van der Waals surface area contributed by atoms with Gasteiger partial charge in [0.15, 0.2) is 0 Å². The van der Waals surface area contributed by atoms with Gasteiger partial charge in [-0.2, -0.15) is 5.10 Å². The molecule has 0 bridgehead atoms. The van der Waals surface area contributed by atoms with Gasteiger partial charge in [0.05, 0.1) is 13.1 Å². The van der Waals surface area contributed by atoms with E-state index in [1.165, 1.54) is 12.4 Å². The van der Waals surface area contributed by atoms with Crippen LogP contribution in [0.4, 0.5) is 0 Å². The maximum atomic E-state index is 11.2. The minimum Gasteiger partial charge on any atom is -0.330 e. The fraction of sp³-hybridized carbons (Fsp3) is 0.375. The summed E-state index contributed by atoms with van der Waals surface area (Å²) >= 11 is 0. The van der Waals surface area contributed by atoms with Crippen LogP contribution in [0.1, 0.15) is 5.82 Å². The highest BCUT2D eigenvalue weighted by molar-refractivity contribution is 5.86. The van der Waals surface area contributed by atoms with E-state index >= 15 is 0 Å². The van der Waals surface area contributed by atoms with Crippen molar-refractivity contribution in [2.75, 3.05) is 6.54 Å². The molecule has 0 unspecified atom stereocenters. The zero-order valence-corrected chi connectivity index (χ0v) is 7.18. The second kappa shape index (κ2) is 3.01. The fourth-order valence-corrected chi connectivity index (χ4v) is 1.38. The summed E-state index contributed by atoms with van der Waals surface area (Å²) in [5, 5.41) is 4.02. The van der Waals surface area contributed by atoms with E-state index in [-0.39, 0.29) is 5.91 Å². The van der Waals surface area contributed by atoms with E-state index in [9.17, 15) is 4.79 Å². The van der Waals surface area contributed by atoms with Gasteiger partial charge in [-0.05, 0) is 6.08 Å². The minimum atomic E-state index is -0.0470. The number of aromatic nitrogens is 3. The molecular weight excluding hydrogens is 168 g/mol. The molecule has 2 rings (SSSR count). The van der Waals surface area contributed by atoms with Crippen LogP contribution in [-0.2, 0) is 17.9 Å². The summed E-state index contributed by atoms with van der Waals surface area (Å²) in [5.74, 6) is 0.788. The Morgan fingerprint density at radius 3 is 3.23 bits per heavy atom. The summed E-state index contributed by atoms with van der Waals surface area (Å²) in [6.45, 7) is 5.38. The number of rotatable bonds is 1. The normalized spacial score (nSPS) is 15.2. The summed E-state index contributed by atoms with van der Waals surface area (Å²) in [5.41, 5.74) is 0. The molecule has 5 heteroatoms. The van der Waals surface area contributed by atoms with Crippen LogP contribution >= 0.6 is 0 Å². The van der Waals surface area contributed by atoms with Crippen molar-refractivity contribution in [2.24, 2.45) is 0 Å². The monoisotopic (exact) mass is 178 g/mol. The molecule has 0 radical (unpaired) electrons. The van der Waals surface area contributed by atoms with Crippen molar-refractivity contribution in [1.29, 1.82) is 0 Å². The zero-order valence-electron chi connectivity index (χ0n) is 7.18. The average Bonchev–Trinajstić information content (AvgIpc) is 2.63. The van der Waals surface area contributed by atoms with Gasteiger partial charge in [0, 0.05) is 6.54 Å². The third-order valence-corrected chi connectivity index (χ3v) is 2.10. The first-order valence-electron chi connectivity index (χ1n) is 4.09. The highest BCUT2D eigenvalue weighted by Gasteiger charge is 2.19. The molecule has 1 aromatic rings. The molecule has 0 saturated carbocycles. The van der Waals surface area contributed by atoms with Gasteiger partial charge < -0.3 is 4.90 Å². The van der Waals surface area contributed by atoms with Crippen LogP contribution in [0.5, 0.6) is 0 Å². The fourth-order valence-electron chi connectivity index (χ4n) is 1.38. The molecule has 1 amide bonds. The van der Waals surface area contributed by atoms with E-state index in [0.717, 1.165) is 12.4 Å². The molecule has 1 aliphatic heterocycles. The van der Waals surface area contributed by atoms with Crippen molar-refractivity contribution >= 4 is 5.91 Å². The smallest absolute Gasteiger partial charge is 0.246 e. The van der Waals surface area contributed by atoms with Crippen LogP contribution in [0.2, 0.25) is 0 Å². The SMILES string of the molecule is C=CC(=O)N1CCn2ncnc2C1. The van der Waals surface area contributed by atoms with Gasteiger partial charge in [-0.25, -0.2) is 9.67 Å². The van der Waals surface area contributed by atoms with Crippen LogP contribution in [0.15, 0.2) is 19.0 Å². The summed E-state index contributed by atoms with van der Waals surface area (Å²) in [7, 11) is 0. The Labute approximate surface area is 75.7 Å². The number of hydrogen-bond donors (Lipinski definition) is 0. The molecule has 0 aliphatic carbocycles. The quantitative estimate of drug-likeness (QED) is 0.560. The molecule has 13 heavy (non-hydrogen) atoms. The maximum absolute atomic E-state index is 11.2. The van der Waals surface area contributed by atoms with E-state index in [2.05, 4.69) is 16.7 Å². The Balaban J connectivity index is 2.17. The van der Waals surface area contributed by atoms with E-state index in [4.69, 9.17) is 0 Å². The molecule has 1 aromatic heterocycles. The lowest BCUT2D eigenvalue weighted by Gasteiger charge is -2.25. The molecule has 0 atom stereocenters. The lowest BCUT2D eigenvalue weighted by Crippen LogP contribution is -2.37. The zero-order chi connectivity index (χ0) is 9.26. The molecule has 0 spiro atoms. The van der Waals surface area contributed by atoms with Crippen LogP contribution < -0.4 is 0 Å². The topological polar surface area (TPSA) is 51.0 Å². The van der Waals surface area contributed by atoms with Crippen LogP contribution in [-0.4, -0.2) is 32.1 Å². The predicted molar refractivity (Wildman–Crippen MR) is 45.6 cm³/mol. The first-order chi connectivity index (χ1) is 6.31. The van der Waals surface area contributed by atoms with Crippen LogP contribution in [0, 0.1) is 0 Å². The Kier molecular flexibility index (Phi) is 1.84. The number of fused-ring (bicyclic) bond motifs is 1. The van der Waals surface area contributed by atoms with Gasteiger partial charge in [0.25, 0.3) is 0 Å². The number of nitrogens with zero attached hydrogens (tertiary/aromatic N) is 4. The highest BCUT2D eigenvalue weighted by Crippen LogP contribution is 2.08. The van der Waals surface area contributed by atoms with Crippen molar-refractivity contribution in [2.45, 2.75) is 13.1 Å². The molecule has 2 heterocycles. The number of amides is 1. The highest BCUT2D eigenvalue weighted by atomic mass is 16.2. The molecule has 0 fully saturated rings. The third-order valence-electron chi connectivity index (χ3n) is 2.10. The van der Waals surface area contributed by atoms with Crippen molar-refractivity contribution in [3.63, 3.8) is 0 Å². The lowest BCUT2D eigenvalue weighted by molar-refractivity contribution is -0.127. The summed E-state index contributed by atoms with van der Waals surface area (Å²) in [6.07, 6.45) is 2.84. The molecule has 0 saturated heterocycles. The van der Waals surface area contributed by atoms with Crippen LogP contribution in [0.25, 0.3) is 0 Å². The maximum Gasteiger partial charge on any atom is 0.246 e. The summed E-state index contributed by atoms with van der Waals surface area (Å²) in [4.78, 5) is 17.0. The molecular formula is C8H10N4O. The summed E-state index contributed by atoms with van der Waals surface area (Å²) in [6, 6.07) is 0. The van der Waals surface area contributed by atoms with Gasteiger partial charge in [0.1, 0.15) is 12.2 Å². The lowest BCUT2D eigenvalue weighted by atomic mass is 10.3. The van der Waals surface area contributed by atoms with Gasteiger partial charge in [-0.15, -0.1) is 0 Å². The Bertz CT molecular complexity index is 344. The predicted octanol–water partition coefficient (Wildman–Crippen LogP) is -0.194. The number of carbonyl (C=O) groups is 1. The van der Waals surface area contributed by atoms with E-state index in [1.807, 2.05) is 4.68 Å². The molecule has 0 aromatic carbocycles. The molecule has 68 valence electrons. The Hall–Kier alpha value is -1.65. The van der Waals surface area contributed by atoms with Gasteiger partial charge >= 0.3 is 0 Å². The van der Waals surface area contributed by atoms with E-state index in [1.54, 1.807) is 4.90 Å².